The number of aryl methyl sites for hydroxylation is 2. The molecule has 2 atom stereocenters. The summed E-state index contributed by atoms with van der Waals surface area (Å²) in [5, 5.41) is 4.90. The predicted octanol–water partition coefficient (Wildman–Crippen LogP) is 2.91. The molecule has 4 heteroatoms. The molecule has 2 heterocycles. The van der Waals surface area contributed by atoms with Crippen molar-refractivity contribution in [2.24, 2.45) is 5.92 Å². The smallest absolute Gasteiger partial charge is 0.0625 e. The summed E-state index contributed by atoms with van der Waals surface area (Å²) in [6, 6.07) is 2.24. The minimum Gasteiger partial charge on any atom is -0.296 e. The van der Waals surface area contributed by atoms with Gasteiger partial charge >= 0.3 is 0 Å². The first kappa shape index (κ1) is 13.9. The van der Waals surface area contributed by atoms with E-state index in [1.807, 2.05) is 0 Å². The minimum atomic E-state index is 0.294. The molecular weight excluding hydrogens is 246 g/mol. The van der Waals surface area contributed by atoms with Gasteiger partial charge in [-0.05, 0) is 38.3 Å². The molecule has 0 radical (unpaired) electrons. The third-order valence-electron chi connectivity index (χ3n) is 3.91. The average molecular weight is 270 g/mol. The van der Waals surface area contributed by atoms with E-state index in [-0.39, 0.29) is 0 Å². The highest BCUT2D eigenvalue weighted by atomic mass is 35.5. The standard InChI is InChI=1S/C14H24ClN3/c1-4-12-8-13(18(5-2)16-12)9-17-7-6-11(3)14(15)10-17/h8,11,14H,4-7,9-10H2,1-3H3. The Labute approximate surface area is 115 Å². The lowest BCUT2D eigenvalue weighted by atomic mass is 9.98. The van der Waals surface area contributed by atoms with Crippen LogP contribution in [0, 0.1) is 5.92 Å². The lowest BCUT2D eigenvalue weighted by Crippen LogP contribution is -2.40. The first-order valence-corrected chi connectivity index (χ1v) is 7.49. The average Bonchev–Trinajstić information content (AvgIpc) is 2.76. The van der Waals surface area contributed by atoms with E-state index in [0.29, 0.717) is 11.3 Å². The first-order valence-electron chi connectivity index (χ1n) is 7.06. The van der Waals surface area contributed by atoms with Gasteiger partial charge in [0, 0.05) is 25.0 Å². The van der Waals surface area contributed by atoms with Crippen LogP contribution in [0.25, 0.3) is 0 Å². The lowest BCUT2D eigenvalue weighted by molar-refractivity contribution is 0.185. The first-order chi connectivity index (χ1) is 8.63. The Morgan fingerprint density at radius 2 is 2.22 bits per heavy atom. The van der Waals surface area contributed by atoms with Gasteiger partial charge in [-0.25, -0.2) is 0 Å². The maximum absolute atomic E-state index is 6.37. The molecule has 3 nitrogen and oxygen atoms in total. The number of likely N-dealkylation sites (tertiary alicyclic amines) is 1. The second-order valence-electron chi connectivity index (χ2n) is 5.31. The van der Waals surface area contributed by atoms with Crippen LogP contribution in [0.2, 0.25) is 0 Å². The molecule has 0 amide bonds. The van der Waals surface area contributed by atoms with Crippen molar-refractivity contribution in [1.29, 1.82) is 0 Å². The number of hydrogen-bond donors (Lipinski definition) is 0. The summed E-state index contributed by atoms with van der Waals surface area (Å²) < 4.78 is 2.13. The number of piperidine rings is 1. The highest BCUT2D eigenvalue weighted by molar-refractivity contribution is 6.21. The molecule has 1 saturated heterocycles. The quantitative estimate of drug-likeness (QED) is 0.784. The van der Waals surface area contributed by atoms with E-state index in [0.717, 1.165) is 32.6 Å². The third kappa shape index (κ3) is 3.07. The topological polar surface area (TPSA) is 21.1 Å². The van der Waals surface area contributed by atoms with E-state index in [1.165, 1.54) is 17.8 Å². The summed E-state index contributed by atoms with van der Waals surface area (Å²) in [4.78, 5) is 2.46. The highest BCUT2D eigenvalue weighted by Gasteiger charge is 2.25. The highest BCUT2D eigenvalue weighted by Crippen LogP contribution is 2.23. The van der Waals surface area contributed by atoms with E-state index in [9.17, 15) is 0 Å². The lowest BCUT2D eigenvalue weighted by Gasteiger charge is -2.33. The summed E-state index contributed by atoms with van der Waals surface area (Å²) in [5.41, 5.74) is 2.52. The molecule has 0 N–H and O–H groups in total. The molecule has 1 fully saturated rings. The molecule has 0 aromatic carbocycles. The fraction of sp³-hybridized carbons (Fsp3) is 0.786. The number of nitrogens with zero attached hydrogens (tertiary/aromatic N) is 3. The van der Waals surface area contributed by atoms with Crippen LogP contribution in [0.5, 0.6) is 0 Å². The normalized spacial score (nSPS) is 25.6. The van der Waals surface area contributed by atoms with E-state index in [2.05, 4.69) is 41.5 Å². The molecular formula is C14H24ClN3. The maximum Gasteiger partial charge on any atom is 0.0625 e. The van der Waals surface area contributed by atoms with E-state index in [1.54, 1.807) is 0 Å². The van der Waals surface area contributed by atoms with Gasteiger partial charge in [-0.15, -0.1) is 11.6 Å². The second-order valence-corrected chi connectivity index (χ2v) is 5.87. The van der Waals surface area contributed by atoms with Gasteiger partial charge in [-0.3, -0.25) is 9.58 Å². The van der Waals surface area contributed by atoms with Crippen LogP contribution >= 0.6 is 11.6 Å². The summed E-state index contributed by atoms with van der Waals surface area (Å²) in [5.74, 6) is 0.644. The number of alkyl halides is 1. The van der Waals surface area contributed by atoms with Gasteiger partial charge in [0.05, 0.1) is 11.4 Å². The van der Waals surface area contributed by atoms with Crippen LogP contribution in [-0.4, -0.2) is 33.1 Å². The van der Waals surface area contributed by atoms with Gasteiger partial charge in [-0.2, -0.15) is 5.10 Å². The van der Waals surface area contributed by atoms with Crippen molar-refractivity contribution in [3.8, 4) is 0 Å². The van der Waals surface area contributed by atoms with Crippen LogP contribution in [0.15, 0.2) is 6.07 Å². The Bertz CT molecular complexity index is 388. The van der Waals surface area contributed by atoms with Crippen LogP contribution in [0.4, 0.5) is 0 Å². The molecule has 102 valence electrons. The van der Waals surface area contributed by atoms with Gasteiger partial charge in [-0.1, -0.05) is 13.8 Å². The van der Waals surface area contributed by atoms with Crippen molar-refractivity contribution in [3.63, 3.8) is 0 Å². The Kier molecular flexibility index (Phi) is 4.68. The molecule has 2 unspecified atom stereocenters. The largest absolute Gasteiger partial charge is 0.296 e. The Morgan fingerprint density at radius 1 is 1.44 bits per heavy atom. The zero-order chi connectivity index (χ0) is 13.1. The zero-order valence-corrected chi connectivity index (χ0v) is 12.5. The number of rotatable bonds is 4. The van der Waals surface area contributed by atoms with Crippen molar-refractivity contribution >= 4 is 11.6 Å². The predicted molar refractivity (Wildman–Crippen MR) is 76.0 cm³/mol. The van der Waals surface area contributed by atoms with Crippen molar-refractivity contribution in [3.05, 3.63) is 17.5 Å². The van der Waals surface area contributed by atoms with Crippen LogP contribution in [-0.2, 0) is 19.5 Å². The van der Waals surface area contributed by atoms with Crippen LogP contribution in [0.3, 0.4) is 0 Å². The molecule has 0 aliphatic carbocycles. The maximum atomic E-state index is 6.37. The molecule has 0 spiro atoms. The molecule has 0 bridgehead atoms. The van der Waals surface area contributed by atoms with Crippen LogP contribution in [0.1, 0.15) is 38.6 Å². The van der Waals surface area contributed by atoms with Gasteiger partial charge < -0.3 is 0 Å². The van der Waals surface area contributed by atoms with Gasteiger partial charge in [0.2, 0.25) is 0 Å². The summed E-state index contributed by atoms with van der Waals surface area (Å²) >= 11 is 6.37. The fourth-order valence-corrected chi connectivity index (χ4v) is 2.87. The SMILES string of the molecule is CCc1cc(CN2CCC(C)C(Cl)C2)n(CC)n1. The Hall–Kier alpha value is -0.540. The fourth-order valence-electron chi connectivity index (χ4n) is 2.55. The number of aromatic nitrogens is 2. The Balaban J connectivity index is 2.02. The molecule has 1 aliphatic heterocycles. The molecule has 1 aromatic rings. The number of hydrogen-bond acceptors (Lipinski definition) is 2. The molecule has 1 aromatic heterocycles. The van der Waals surface area contributed by atoms with Gasteiger partial charge in [0.15, 0.2) is 0 Å². The van der Waals surface area contributed by atoms with Crippen molar-refractivity contribution < 1.29 is 0 Å². The zero-order valence-electron chi connectivity index (χ0n) is 11.7. The third-order valence-corrected chi connectivity index (χ3v) is 4.48. The van der Waals surface area contributed by atoms with Crippen molar-refractivity contribution in [2.75, 3.05) is 13.1 Å². The summed E-state index contributed by atoms with van der Waals surface area (Å²) in [6.07, 6.45) is 2.21. The number of halogens is 1. The van der Waals surface area contributed by atoms with E-state index in [4.69, 9.17) is 11.6 Å². The molecule has 18 heavy (non-hydrogen) atoms. The summed E-state index contributed by atoms with van der Waals surface area (Å²) in [6.45, 7) is 10.6. The van der Waals surface area contributed by atoms with Crippen molar-refractivity contribution in [1.82, 2.24) is 14.7 Å². The van der Waals surface area contributed by atoms with E-state index >= 15 is 0 Å². The molecule has 1 aliphatic rings. The molecule has 2 rings (SSSR count). The van der Waals surface area contributed by atoms with Gasteiger partial charge in [0.25, 0.3) is 0 Å². The Morgan fingerprint density at radius 3 is 2.83 bits per heavy atom. The second kappa shape index (κ2) is 6.07. The monoisotopic (exact) mass is 269 g/mol. The molecule has 0 saturated carbocycles. The van der Waals surface area contributed by atoms with E-state index < -0.39 is 0 Å². The summed E-state index contributed by atoms with van der Waals surface area (Å²) in [7, 11) is 0. The van der Waals surface area contributed by atoms with Gasteiger partial charge in [0.1, 0.15) is 0 Å². The van der Waals surface area contributed by atoms with Crippen LogP contribution < -0.4 is 0 Å². The minimum absolute atomic E-state index is 0.294. The van der Waals surface area contributed by atoms with Crippen molar-refractivity contribution in [2.45, 2.75) is 52.1 Å².